The van der Waals surface area contributed by atoms with Gasteiger partial charge in [0.25, 0.3) is 0 Å². The van der Waals surface area contributed by atoms with Crippen LogP contribution in [-0.2, 0) is 9.59 Å². The van der Waals surface area contributed by atoms with Gasteiger partial charge < -0.3 is 10.2 Å². The van der Waals surface area contributed by atoms with E-state index in [9.17, 15) is 9.59 Å². The van der Waals surface area contributed by atoms with Gasteiger partial charge in [-0.15, -0.1) is 0 Å². The second-order valence-corrected chi connectivity index (χ2v) is 7.79. The summed E-state index contributed by atoms with van der Waals surface area (Å²) in [5.74, 6) is 0.265. The van der Waals surface area contributed by atoms with Gasteiger partial charge in [0.15, 0.2) is 0 Å². The Hall–Kier alpha value is -0.710. The lowest BCUT2D eigenvalue weighted by Gasteiger charge is -2.41. The fourth-order valence-electron chi connectivity index (χ4n) is 4.32. The van der Waals surface area contributed by atoms with E-state index in [-0.39, 0.29) is 11.8 Å². The molecule has 0 bridgehead atoms. The first-order valence-electron chi connectivity index (χ1n) is 8.31. The number of amides is 2. The van der Waals surface area contributed by atoms with Gasteiger partial charge >= 0.3 is 0 Å². The largest absolute Gasteiger partial charge is 0.342 e. The highest BCUT2D eigenvalue weighted by atomic mass is 32.2. The smallest absolute Gasteiger partial charge is 0.248 e. The van der Waals surface area contributed by atoms with Crippen molar-refractivity contribution in [3.05, 3.63) is 0 Å². The van der Waals surface area contributed by atoms with Gasteiger partial charge in [0, 0.05) is 24.3 Å². The summed E-state index contributed by atoms with van der Waals surface area (Å²) in [5.41, 5.74) is -0.575. The van der Waals surface area contributed by atoms with Crippen LogP contribution in [0.15, 0.2) is 0 Å². The van der Waals surface area contributed by atoms with E-state index in [0.717, 1.165) is 32.1 Å². The molecule has 2 amide bonds. The van der Waals surface area contributed by atoms with Gasteiger partial charge in [0.1, 0.15) is 5.54 Å². The van der Waals surface area contributed by atoms with Crippen molar-refractivity contribution in [3.63, 3.8) is 0 Å². The molecule has 118 valence electrons. The SMILES string of the molecule is CSC1CCCCC1N1CCC(=O)NC2(CCCC2)C1=O. The maximum atomic E-state index is 13.2. The molecule has 3 rings (SSSR count). The average molecular weight is 310 g/mol. The lowest BCUT2D eigenvalue weighted by Crippen LogP contribution is -2.59. The molecular weight excluding hydrogens is 284 g/mol. The second kappa shape index (κ2) is 6.19. The van der Waals surface area contributed by atoms with Crippen molar-refractivity contribution >= 4 is 23.6 Å². The van der Waals surface area contributed by atoms with Crippen LogP contribution in [0.25, 0.3) is 0 Å². The minimum atomic E-state index is -0.575. The Morgan fingerprint density at radius 2 is 1.86 bits per heavy atom. The molecule has 1 aliphatic heterocycles. The van der Waals surface area contributed by atoms with Crippen LogP contribution < -0.4 is 5.32 Å². The molecule has 2 saturated carbocycles. The first-order valence-corrected chi connectivity index (χ1v) is 9.60. The Balaban J connectivity index is 1.86. The number of rotatable bonds is 2. The van der Waals surface area contributed by atoms with Crippen LogP contribution in [0.1, 0.15) is 57.8 Å². The third-order valence-electron chi connectivity index (χ3n) is 5.46. The molecule has 5 heteroatoms. The van der Waals surface area contributed by atoms with E-state index in [2.05, 4.69) is 16.5 Å². The molecule has 3 fully saturated rings. The molecule has 3 aliphatic rings. The van der Waals surface area contributed by atoms with Crippen LogP contribution in [0.4, 0.5) is 0 Å². The maximum Gasteiger partial charge on any atom is 0.248 e. The number of nitrogens with one attached hydrogen (secondary N) is 1. The third kappa shape index (κ3) is 2.81. The lowest BCUT2D eigenvalue weighted by atomic mass is 9.90. The van der Waals surface area contributed by atoms with Crippen LogP contribution in [0.5, 0.6) is 0 Å². The predicted octanol–water partition coefficient (Wildman–Crippen LogP) is 2.32. The number of carbonyl (C=O) groups excluding carboxylic acids is 2. The van der Waals surface area contributed by atoms with Crippen molar-refractivity contribution in [2.24, 2.45) is 0 Å². The summed E-state index contributed by atoms with van der Waals surface area (Å²) in [6.07, 6.45) is 11.1. The zero-order chi connectivity index (χ0) is 14.9. The topological polar surface area (TPSA) is 49.4 Å². The van der Waals surface area contributed by atoms with Crippen LogP contribution >= 0.6 is 11.8 Å². The number of hydrogen-bond acceptors (Lipinski definition) is 3. The van der Waals surface area contributed by atoms with Gasteiger partial charge in [-0.1, -0.05) is 25.7 Å². The Morgan fingerprint density at radius 1 is 1.14 bits per heavy atom. The molecule has 1 N–H and O–H groups in total. The quantitative estimate of drug-likeness (QED) is 0.851. The standard InChI is InChI=1S/C16H26N2O2S/c1-21-13-7-3-2-6-12(13)18-11-8-14(19)17-16(15(18)20)9-4-5-10-16/h12-13H,2-11H2,1H3,(H,17,19). The molecular formula is C16H26N2O2S. The van der Waals surface area contributed by atoms with Crippen molar-refractivity contribution in [3.8, 4) is 0 Å². The zero-order valence-corrected chi connectivity index (χ0v) is 13.7. The summed E-state index contributed by atoms with van der Waals surface area (Å²) >= 11 is 1.89. The fraction of sp³-hybridized carbons (Fsp3) is 0.875. The maximum absolute atomic E-state index is 13.2. The van der Waals surface area contributed by atoms with Gasteiger partial charge in [-0.25, -0.2) is 0 Å². The Bertz CT molecular complexity index is 421. The van der Waals surface area contributed by atoms with Gasteiger partial charge in [0.2, 0.25) is 11.8 Å². The highest BCUT2D eigenvalue weighted by molar-refractivity contribution is 7.99. The van der Waals surface area contributed by atoms with Crippen LogP contribution in [0.2, 0.25) is 0 Å². The molecule has 1 heterocycles. The molecule has 4 nitrogen and oxygen atoms in total. The first kappa shape index (κ1) is 15.2. The van der Waals surface area contributed by atoms with Crippen molar-refractivity contribution in [2.75, 3.05) is 12.8 Å². The molecule has 2 atom stereocenters. The summed E-state index contributed by atoms with van der Waals surface area (Å²) in [5, 5.41) is 3.61. The van der Waals surface area contributed by atoms with E-state index in [0.29, 0.717) is 24.3 Å². The fourth-order valence-corrected chi connectivity index (χ4v) is 5.32. The molecule has 1 spiro atoms. The molecule has 21 heavy (non-hydrogen) atoms. The summed E-state index contributed by atoms with van der Waals surface area (Å²) < 4.78 is 0. The molecule has 2 aliphatic carbocycles. The lowest BCUT2D eigenvalue weighted by molar-refractivity contribution is -0.141. The van der Waals surface area contributed by atoms with Crippen molar-refractivity contribution in [1.29, 1.82) is 0 Å². The first-order chi connectivity index (χ1) is 10.2. The molecule has 2 unspecified atom stereocenters. The van der Waals surface area contributed by atoms with E-state index in [1.54, 1.807) is 0 Å². The van der Waals surface area contributed by atoms with Crippen molar-refractivity contribution < 1.29 is 9.59 Å². The molecule has 0 radical (unpaired) electrons. The van der Waals surface area contributed by atoms with Gasteiger partial charge in [-0.3, -0.25) is 9.59 Å². The molecule has 0 aromatic heterocycles. The van der Waals surface area contributed by atoms with E-state index >= 15 is 0 Å². The average Bonchev–Trinajstić information content (AvgIpc) is 2.92. The summed E-state index contributed by atoms with van der Waals surface area (Å²) in [7, 11) is 0. The minimum Gasteiger partial charge on any atom is -0.342 e. The Labute approximate surface area is 131 Å². The van der Waals surface area contributed by atoms with Crippen LogP contribution in [0, 0.1) is 0 Å². The summed E-state index contributed by atoms with van der Waals surface area (Å²) in [4.78, 5) is 27.3. The molecule has 0 aromatic rings. The van der Waals surface area contributed by atoms with Crippen molar-refractivity contribution in [1.82, 2.24) is 10.2 Å². The number of thioether (sulfide) groups is 1. The van der Waals surface area contributed by atoms with Gasteiger partial charge in [0.05, 0.1) is 0 Å². The van der Waals surface area contributed by atoms with E-state index in [1.165, 1.54) is 19.3 Å². The van der Waals surface area contributed by atoms with E-state index in [1.807, 2.05) is 11.8 Å². The highest BCUT2D eigenvalue weighted by Gasteiger charge is 2.48. The number of nitrogens with zero attached hydrogens (tertiary/aromatic N) is 1. The highest BCUT2D eigenvalue weighted by Crippen LogP contribution is 2.37. The van der Waals surface area contributed by atoms with E-state index < -0.39 is 5.54 Å². The molecule has 1 saturated heterocycles. The van der Waals surface area contributed by atoms with Crippen LogP contribution in [0.3, 0.4) is 0 Å². The Kier molecular flexibility index (Phi) is 4.48. The zero-order valence-electron chi connectivity index (χ0n) is 12.9. The normalized spacial score (nSPS) is 33.1. The predicted molar refractivity (Wildman–Crippen MR) is 85.2 cm³/mol. The molecule has 0 aromatic carbocycles. The minimum absolute atomic E-state index is 0.0595. The van der Waals surface area contributed by atoms with Gasteiger partial charge in [-0.2, -0.15) is 11.8 Å². The Morgan fingerprint density at radius 3 is 2.57 bits per heavy atom. The second-order valence-electron chi connectivity index (χ2n) is 6.71. The third-order valence-corrected chi connectivity index (χ3v) is 6.61. The number of carbonyl (C=O) groups is 2. The van der Waals surface area contributed by atoms with Crippen LogP contribution in [-0.4, -0.2) is 46.3 Å². The summed E-state index contributed by atoms with van der Waals surface area (Å²) in [6, 6.07) is 0.325. The summed E-state index contributed by atoms with van der Waals surface area (Å²) in [6.45, 7) is 0.605. The monoisotopic (exact) mass is 310 g/mol. The van der Waals surface area contributed by atoms with E-state index in [4.69, 9.17) is 0 Å². The van der Waals surface area contributed by atoms with Gasteiger partial charge in [-0.05, 0) is 31.9 Å². The number of hydrogen-bond donors (Lipinski definition) is 1. The van der Waals surface area contributed by atoms with Crippen molar-refractivity contribution in [2.45, 2.75) is 74.6 Å².